The van der Waals surface area contributed by atoms with E-state index in [1.54, 1.807) is 30.1 Å². The molecule has 0 saturated carbocycles. The number of amides is 1. The number of nitrogens with zero attached hydrogens (tertiary/aromatic N) is 3. The van der Waals surface area contributed by atoms with E-state index in [1.807, 2.05) is 0 Å². The maximum atomic E-state index is 12.5. The zero-order valence-corrected chi connectivity index (χ0v) is 11.0. The zero-order valence-electron chi connectivity index (χ0n) is 11.0. The molecule has 1 aliphatic rings. The van der Waals surface area contributed by atoms with Crippen molar-refractivity contribution in [2.45, 2.75) is 6.54 Å². The maximum absolute atomic E-state index is 12.5. The molecule has 0 radical (unpaired) electrons. The van der Waals surface area contributed by atoms with Crippen molar-refractivity contribution >= 4 is 5.91 Å². The maximum Gasteiger partial charge on any atom is 0.257 e. The molecule has 7 heteroatoms. The van der Waals surface area contributed by atoms with Gasteiger partial charge in [-0.05, 0) is 12.1 Å². The number of hydrogen-bond donors (Lipinski definition) is 1. The standard InChI is InChI=1S/C13H14N4O3/c1-17(7-11-14-8-15-16-11)13(18)9-3-2-4-10-12(9)20-6-5-19-10/h2-4,8H,5-7H2,1H3,(H,14,15,16). The first-order chi connectivity index (χ1) is 9.75. The van der Waals surface area contributed by atoms with E-state index in [0.29, 0.717) is 42.6 Å². The fraction of sp³-hybridized carbons (Fsp3) is 0.308. The molecule has 20 heavy (non-hydrogen) atoms. The van der Waals surface area contributed by atoms with Gasteiger partial charge in [0.05, 0.1) is 12.1 Å². The predicted molar refractivity (Wildman–Crippen MR) is 69.6 cm³/mol. The Morgan fingerprint density at radius 1 is 1.40 bits per heavy atom. The van der Waals surface area contributed by atoms with E-state index in [9.17, 15) is 4.79 Å². The molecule has 104 valence electrons. The van der Waals surface area contributed by atoms with Crippen molar-refractivity contribution in [3.63, 3.8) is 0 Å². The molecule has 1 aliphatic heterocycles. The summed E-state index contributed by atoms with van der Waals surface area (Å²) in [6.45, 7) is 1.30. The van der Waals surface area contributed by atoms with Gasteiger partial charge in [-0.15, -0.1) is 0 Å². The second-order valence-corrected chi connectivity index (χ2v) is 4.42. The highest BCUT2D eigenvalue weighted by Gasteiger charge is 2.23. The number of para-hydroxylation sites is 1. The monoisotopic (exact) mass is 274 g/mol. The van der Waals surface area contributed by atoms with E-state index >= 15 is 0 Å². The van der Waals surface area contributed by atoms with Crippen molar-refractivity contribution in [2.75, 3.05) is 20.3 Å². The summed E-state index contributed by atoms with van der Waals surface area (Å²) in [5.41, 5.74) is 0.490. The van der Waals surface area contributed by atoms with Crippen molar-refractivity contribution in [3.05, 3.63) is 35.9 Å². The Bertz CT molecular complexity index is 612. The number of nitrogens with one attached hydrogen (secondary N) is 1. The number of aromatic amines is 1. The van der Waals surface area contributed by atoms with Gasteiger partial charge in [-0.25, -0.2) is 4.98 Å². The number of fused-ring (bicyclic) bond motifs is 1. The smallest absolute Gasteiger partial charge is 0.257 e. The van der Waals surface area contributed by atoms with E-state index in [0.717, 1.165) is 0 Å². The lowest BCUT2D eigenvalue weighted by molar-refractivity contribution is 0.0771. The van der Waals surface area contributed by atoms with Crippen molar-refractivity contribution in [3.8, 4) is 11.5 Å². The van der Waals surface area contributed by atoms with Gasteiger partial charge in [0, 0.05) is 7.05 Å². The summed E-state index contributed by atoms with van der Waals surface area (Å²) in [5, 5.41) is 6.48. The Morgan fingerprint density at radius 3 is 3.05 bits per heavy atom. The second kappa shape index (κ2) is 5.20. The zero-order chi connectivity index (χ0) is 13.9. The van der Waals surface area contributed by atoms with Crippen LogP contribution in [0, 0.1) is 0 Å². The Hall–Kier alpha value is -2.57. The fourth-order valence-corrected chi connectivity index (χ4v) is 2.05. The van der Waals surface area contributed by atoms with E-state index in [2.05, 4.69) is 15.2 Å². The summed E-state index contributed by atoms with van der Waals surface area (Å²) in [5.74, 6) is 1.59. The molecule has 1 N–H and O–H groups in total. The summed E-state index contributed by atoms with van der Waals surface area (Å²) < 4.78 is 11.0. The Labute approximate surface area is 115 Å². The fourth-order valence-electron chi connectivity index (χ4n) is 2.05. The van der Waals surface area contributed by atoms with Gasteiger partial charge >= 0.3 is 0 Å². The third-order valence-corrected chi connectivity index (χ3v) is 3.00. The molecule has 1 amide bonds. The summed E-state index contributed by atoms with van der Waals surface area (Å²) in [4.78, 5) is 18.0. The van der Waals surface area contributed by atoms with E-state index in [-0.39, 0.29) is 5.91 Å². The van der Waals surface area contributed by atoms with Crippen LogP contribution in [0.15, 0.2) is 24.5 Å². The quantitative estimate of drug-likeness (QED) is 0.897. The highest BCUT2D eigenvalue weighted by molar-refractivity contribution is 5.97. The molecule has 0 unspecified atom stereocenters. The average Bonchev–Trinajstić information content (AvgIpc) is 2.99. The Kier molecular flexibility index (Phi) is 3.24. The summed E-state index contributed by atoms with van der Waals surface area (Å²) in [6.07, 6.45) is 1.41. The van der Waals surface area contributed by atoms with E-state index < -0.39 is 0 Å². The van der Waals surface area contributed by atoms with Crippen molar-refractivity contribution in [1.82, 2.24) is 20.1 Å². The van der Waals surface area contributed by atoms with Gasteiger partial charge in [0.15, 0.2) is 11.5 Å². The van der Waals surface area contributed by atoms with Crippen molar-refractivity contribution in [2.24, 2.45) is 0 Å². The predicted octanol–water partition coefficient (Wildman–Crippen LogP) is 0.848. The lowest BCUT2D eigenvalue weighted by atomic mass is 10.1. The van der Waals surface area contributed by atoms with Gasteiger partial charge in [-0.2, -0.15) is 5.10 Å². The van der Waals surface area contributed by atoms with Gasteiger partial charge in [-0.3, -0.25) is 9.89 Å². The average molecular weight is 274 g/mol. The van der Waals surface area contributed by atoms with Crippen LogP contribution in [0.3, 0.4) is 0 Å². The molecular weight excluding hydrogens is 260 g/mol. The molecule has 0 spiro atoms. The Balaban J connectivity index is 1.83. The lowest BCUT2D eigenvalue weighted by Gasteiger charge is -2.22. The van der Waals surface area contributed by atoms with Crippen LogP contribution in [0.1, 0.15) is 16.2 Å². The van der Waals surface area contributed by atoms with Crippen molar-refractivity contribution in [1.29, 1.82) is 0 Å². The molecule has 7 nitrogen and oxygen atoms in total. The molecule has 0 saturated heterocycles. The second-order valence-electron chi connectivity index (χ2n) is 4.42. The molecule has 2 aromatic rings. The number of benzene rings is 1. The summed E-state index contributed by atoms with van der Waals surface area (Å²) >= 11 is 0. The minimum absolute atomic E-state index is 0.149. The van der Waals surface area contributed by atoms with Crippen LogP contribution in [0.4, 0.5) is 0 Å². The topological polar surface area (TPSA) is 80.3 Å². The lowest BCUT2D eigenvalue weighted by Crippen LogP contribution is -2.28. The van der Waals surface area contributed by atoms with Crippen molar-refractivity contribution < 1.29 is 14.3 Å². The highest BCUT2D eigenvalue weighted by Crippen LogP contribution is 2.34. The Morgan fingerprint density at radius 2 is 2.25 bits per heavy atom. The van der Waals surface area contributed by atoms with Gasteiger partial charge in [-0.1, -0.05) is 6.07 Å². The van der Waals surface area contributed by atoms with Gasteiger partial charge < -0.3 is 14.4 Å². The first-order valence-corrected chi connectivity index (χ1v) is 6.24. The van der Waals surface area contributed by atoms with Gasteiger partial charge in [0.2, 0.25) is 0 Å². The molecule has 0 fully saturated rings. The van der Waals surface area contributed by atoms with Crippen LogP contribution in [0.2, 0.25) is 0 Å². The number of aromatic nitrogens is 3. The highest BCUT2D eigenvalue weighted by atomic mass is 16.6. The first-order valence-electron chi connectivity index (χ1n) is 6.24. The van der Waals surface area contributed by atoms with Crippen LogP contribution in [0.5, 0.6) is 11.5 Å². The molecule has 2 heterocycles. The third-order valence-electron chi connectivity index (χ3n) is 3.00. The third kappa shape index (κ3) is 2.29. The molecule has 1 aromatic heterocycles. The van der Waals surface area contributed by atoms with Crippen LogP contribution in [0.25, 0.3) is 0 Å². The first kappa shape index (κ1) is 12.5. The molecule has 3 rings (SSSR count). The number of carbonyl (C=O) groups is 1. The van der Waals surface area contributed by atoms with Crippen LogP contribution < -0.4 is 9.47 Å². The van der Waals surface area contributed by atoms with Crippen LogP contribution in [-0.4, -0.2) is 46.2 Å². The van der Waals surface area contributed by atoms with E-state index in [4.69, 9.17) is 9.47 Å². The number of hydrogen-bond acceptors (Lipinski definition) is 5. The number of carbonyl (C=O) groups excluding carboxylic acids is 1. The van der Waals surface area contributed by atoms with Crippen LogP contribution in [-0.2, 0) is 6.54 Å². The molecule has 1 aromatic carbocycles. The largest absolute Gasteiger partial charge is 0.486 e. The number of rotatable bonds is 3. The molecular formula is C13H14N4O3. The summed E-state index contributed by atoms with van der Waals surface area (Å²) in [7, 11) is 1.70. The molecule has 0 atom stereocenters. The minimum Gasteiger partial charge on any atom is -0.486 e. The molecule has 0 bridgehead atoms. The van der Waals surface area contributed by atoms with Crippen LogP contribution >= 0.6 is 0 Å². The van der Waals surface area contributed by atoms with E-state index in [1.165, 1.54) is 6.33 Å². The normalized spacial score (nSPS) is 13.1. The molecule has 0 aliphatic carbocycles. The van der Waals surface area contributed by atoms with Gasteiger partial charge in [0.25, 0.3) is 5.91 Å². The number of ether oxygens (including phenoxy) is 2. The SMILES string of the molecule is CN(Cc1ncn[nH]1)C(=O)c1cccc2c1OCCO2. The minimum atomic E-state index is -0.149. The summed E-state index contributed by atoms with van der Waals surface area (Å²) in [6, 6.07) is 5.30. The number of H-pyrrole nitrogens is 1. The van der Waals surface area contributed by atoms with Gasteiger partial charge in [0.1, 0.15) is 25.4 Å².